The van der Waals surface area contributed by atoms with Gasteiger partial charge in [0.1, 0.15) is 17.3 Å². The van der Waals surface area contributed by atoms with E-state index in [-0.39, 0.29) is 11.9 Å². The summed E-state index contributed by atoms with van der Waals surface area (Å²) in [5.74, 6) is 1.41. The smallest absolute Gasteiger partial charge is 0.178 e. The van der Waals surface area contributed by atoms with Gasteiger partial charge in [0, 0.05) is 11.1 Å². The number of nitrogens with two attached hydrogens (primary N) is 1. The number of aliphatic hydroxyl groups is 1. The van der Waals surface area contributed by atoms with E-state index in [1.165, 1.54) is 6.42 Å². The molecule has 1 saturated carbocycles. The van der Waals surface area contributed by atoms with Crippen molar-refractivity contribution in [3.8, 4) is 11.5 Å². The molecular weight excluding hydrogens is 304 g/mol. The normalized spacial score (nSPS) is 22.5. The summed E-state index contributed by atoms with van der Waals surface area (Å²) < 4.78 is 11.4. The van der Waals surface area contributed by atoms with Gasteiger partial charge in [0.25, 0.3) is 0 Å². The maximum absolute atomic E-state index is 11.5. The second-order valence-corrected chi connectivity index (χ2v) is 6.26. The molecule has 124 valence electrons. The summed E-state index contributed by atoms with van der Waals surface area (Å²) in [7, 11) is 1.59. The van der Waals surface area contributed by atoms with Gasteiger partial charge in [-0.3, -0.25) is 0 Å². The molecule has 5 nitrogen and oxygen atoms in total. The monoisotopic (exact) mass is 324 g/mol. The molecule has 24 heavy (non-hydrogen) atoms. The van der Waals surface area contributed by atoms with E-state index in [0.717, 1.165) is 12.8 Å². The van der Waals surface area contributed by atoms with E-state index in [0.29, 0.717) is 28.3 Å². The van der Waals surface area contributed by atoms with E-state index in [1.807, 2.05) is 36.4 Å². The fourth-order valence-electron chi connectivity index (χ4n) is 3.20. The Balaban J connectivity index is 1.86. The standard InChI is InChI=1S/C19H20N2O3/c1-23-13-9-10-17(24-12-5-4-6-12)15(11-13)19(22)14-7-2-3-8-16(14)21-18(19)20/h2-3,7-12,22H,4-6H2,1H3,(H2,20,21). The van der Waals surface area contributed by atoms with Gasteiger partial charge in [0.05, 0.1) is 18.9 Å². The number of amidine groups is 1. The first-order valence-electron chi connectivity index (χ1n) is 8.14. The number of fused-ring (bicyclic) bond motifs is 1. The summed E-state index contributed by atoms with van der Waals surface area (Å²) >= 11 is 0. The van der Waals surface area contributed by atoms with Crippen molar-refractivity contribution in [2.24, 2.45) is 10.7 Å². The van der Waals surface area contributed by atoms with Gasteiger partial charge in [-0.1, -0.05) is 18.2 Å². The summed E-state index contributed by atoms with van der Waals surface area (Å²) in [6.07, 6.45) is 3.43. The lowest BCUT2D eigenvalue weighted by molar-refractivity contribution is 0.106. The lowest BCUT2D eigenvalue weighted by Crippen LogP contribution is -2.40. The van der Waals surface area contributed by atoms with Crippen LogP contribution in [-0.2, 0) is 5.60 Å². The molecule has 0 saturated heterocycles. The summed E-state index contributed by atoms with van der Waals surface area (Å²) in [6, 6.07) is 12.9. The van der Waals surface area contributed by atoms with E-state index in [1.54, 1.807) is 13.2 Å². The molecule has 1 aliphatic carbocycles. The van der Waals surface area contributed by atoms with Gasteiger partial charge < -0.3 is 20.3 Å². The highest BCUT2D eigenvalue weighted by Crippen LogP contribution is 2.46. The Morgan fingerprint density at radius 1 is 1.17 bits per heavy atom. The third kappa shape index (κ3) is 2.16. The number of hydrogen-bond donors (Lipinski definition) is 2. The first-order chi connectivity index (χ1) is 11.6. The number of ether oxygens (including phenoxy) is 2. The molecule has 0 aromatic heterocycles. The number of methoxy groups -OCH3 is 1. The molecule has 0 spiro atoms. The molecule has 0 radical (unpaired) electrons. The average Bonchev–Trinajstić information content (AvgIpc) is 2.83. The second kappa shape index (κ2) is 5.53. The largest absolute Gasteiger partial charge is 0.497 e. The predicted octanol–water partition coefficient (Wildman–Crippen LogP) is 2.86. The third-order valence-corrected chi connectivity index (χ3v) is 4.83. The van der Waals surface area contributed by atoms with Gasteiger partial charge in [-0.25, -0.2) is 4.99 Å². The van der Waals surface area contributed by atoms with Crippen molar-refractivity contribution in [1.29, 1.82) is 0 Å². The highest BCUT2D eigenvalue weighted by atomic mass is 16.5. The number of nitrogens with zero attached hydrogens (tertiary/aromatic N) is 1. The zero-order valence-electron chi connectivity index (χ0n) is 13.5. The van der Waals surface area contributed by atoms with E-state index >= 15 is 0 Å². The Morgan fingerprint density at radius 3 is 2.67 bits per heavy atom. The van der Waals surface area contributed by atoms with Crippen LogP contribution in [0.5, 0.6) is 11.5 Å². The average molecular weight is 324 g/mol. The minimum atomic E-state index is -1.51. The minimum absolute atomic E-state index is 0.149. The molecule has 3 N–H and O–H groups in total. The Labute approximate surface area is 140 Å². The summed E-state index contributed by atoms with van der Waals surface area (Å²) in [5.41, 5.74) is 6.53. The maximum atomic E-state index is 11.5. The molecule has 5 heteroatoms. The molecule has 0 bridgehead atoms. The molecular formula is C19H20N2O3. The van der Waals surface area contributed by atoms with Crippen LogP contribution in [0.15, 0.2) is 47.5 Å². The van der Waals surface area contributed by atoms with Crippen molar-refractivity contribution in [1.82, 2.24) is 0 Å². The fraction of sp³-hybridized carbons (Fsp3) is 0.316. The van der Waals surface area contributed by atoms with Crippen LogP contribution < -0.4 is 15.2 Å². The van der Waals surface area contributed by atoms with Crippen LogP contribution in [0.25, 0.3) is 0 Å². The zero-order chi connectivity index (χ0) is 16.7. The number of rotatable bonds is 4. The van der Waals surface area contributed by atoms with Gasteiger partial charge in [-0.2, -0.15) is 0 Å². The maximum Gasteiger partial charge on any atom is 0.178 e. The highest BCUT2D eigenvalue weighted by molar-refractivity contribution is 6.01. The van der Waals surface area contributed by atoms with Crippen molar-refractivity contribution in [3.63, 3.8) is 0 Å². The Kier molecular flexibility index (Phi) is 3.46. The summed E-state index contributed by atoms with van der Waals surface area (Å²) in [4.78, 5) is 4.34. The van der Waals surface area contributed by atoms with Gasteiger partial charge in [-0.05, 0) is 43.5 Å². The number of para-hydroxylation sites is 1. The van der Waals surface area contributed by atoms with Gasteiger partial charge in [-0.15, -0.1) is 0 Å². The van der Waals surface area contributed by atoms with Crippen LogP contribution >= 0.6 is 0 Å². The SMILES string of the molecule is COc1ccc(OC2CCC2)c(C2(O)C(N)=Nc3ccccc32)c1. The van der Waals surface area contributed by atoms with E-state index < -0.39 is 5.60 Å². The number of hydrogen-bond acceptors (Lipinski definition) is 5. The van der Waals surface area contributed by atoms with Gasteiger partial charge in [0.15, 0.2) is 5.60 Å². The third-order valence-electron chi connectivity index (χ3n) is 4.83. The lowest BCUT2D eigenvalue weighted by atomic mass is 9.85. The minimum Gasteiger partial charge on any atom is -0.497 e. The quantitative estimate of drug-likeness (QED) is 0.906. The molecule has 0 amide bonds. The summed E-state index contributed by atoms with van der Waals surface area (Å²) in [5, 5.41) is 11.5. The van der Waals surface area contributed by atoms with Crippen LogP contribution in [0, 0.1) is 0 Å². The topological polar surface area (TPSA) is 77.1 Å². The Bertz CT molecular complexity index is 814. The molecule has 1 aliphatic heterocycles. The van der Waals surface area contributed by atoms with Gasteiger partial charge in [0.2, 0.25) is 0 Å². The van der Waals surface area contributed by atoms with Crippen molar-refractivity contribution in [2.45, 2.75) is 31.0 Å². The molecule has 2 aliphatic rings. The lowest BCUT2D eigenvalue weighted by Gasteiger charge is -2.31. The van der Waals surface area contributed by atoms with Crippen molar-refractivity contribution < 1.29 is 14.6 Å². The van der Waals surface area contributed by atoms with E-state index in [9.17, 15) is 5.11 Å². The van der Waals surface area contributed by atoms with Crippen LogP contribution in [-0.4, -0.2) is 24.2 Å². The molecule has 2 aromatic rings. The molecule has 1 atom stereocenters. The zero-order valence-corrected chi connectivity index (χ0v) is 13.5. The van der Waals surface area contributed by atoms with Gasteiger partial charge >= 0.3 is 0 Å². The highest BCUT2D eigenvalue weighted by Gasteiger charge is 2.44. The van der Waals surface area contributed by atoms with E-state index in [4.69, 9.17) is 15.2 Å². The molecule has 1 unspecified atom stereocenters. The van der Waals surface area contributed by atoms with Crippen LogP contribution in [0.4, 0.5) is 5.69 Å². The Morgan fingerprint density at radius 2 is 1.96 bits per heavy atom. The molecule has 2 aromatic carbocycles. The summed E-state index contributed by atoms with van der Waals surface area (Å²) in [6.45, 7) is 0. The van der Waals surface area contributed by atoms with Crippen molar-refractivity contribution in [2.75, 3.05) is 7.11 Å². The van der Waals surface area contributed by atoms with E-state index in [2.05, 4.69) is 4.99 Å². The second-order valence-electron chi connectivity index (χ2n) is 6.26. The molecule has 4 rings (SSSR count). The molecule has 1 fully saturated rings. The first kappa shape index (κ1) is 15.0. The fourth-order valence-corrected chi connectivity index (χ4v) is 3.20. The number of benzene rings is 2. The first-order valence-corrected chi connectivity index (χ1v) is 8.14. The van der Waals surface area contributed by atoms with Crippen LogP contribution in [0.1, 0.15) is 30.4 Å². The van der Waals surface area contributed by atoms with Crippen molar-refractivity contribution >= 4 is 11.5 Å². The Hall–Kier alpha value is -2.53. The predicted molar refractivity (Wildman–Crippen MR) is 92.0 cm³/mol. The van der Waals surface area contributed by atoms with Crippen molar-refractivity contribution in [3.05, 3.63) is 53.6 Å². The number of aliphatic imine (C=N–C) groups is 1. The van der Waals surface area contributed by atoms with Crippen LogP contribution in [0.3, 0.4) is 0 Å². The van der Waals surface area contributed by atoms with Crippen LogP contribution in [0.2, 0.25) is 0 Å². The molecule has 1 heterocycles.